The quantitative estimate of drug-likeness (QED) is 0.183. The molecule has 0 saturated carbocycles. The van der Waals surface area contributed by atoms with Gasteiger partial charge in [0.15, 0.2) is 11.2 Å². The molecule has 3 heterocycles. The number of para-hydroxylation sites is 4. The molecule has 52 heavy (non-hydrogen) atoms. The van der Waals surface area contributed by atoms with E-state index in [0.29, 0.717) is 5.89 Å². The Morgan fingerprint density at radius 2 is 1.13 bits per heavy atom. The molecule has 0 aliphatic rings. The largest absolute Gasteiger partial charge is 0.456 e. The van der Waals surface area contributed by atoms with Crippen molar-refractivity contribution >= 4 is 82.8 Å². The van der Waals surface area contributed by atoms with Crippen LogP contribution in [-0.4, -0.2) is 4.98 Å². The number of furan rings is 2. The fraction of sp³-hybridized carbons (Fsp3) is 0. The Labute approximate surface area is 297 Å². The number of hydrogen-bond donors (Lipinski definition) is 0. The molecular weight excluding hydrogens is 641 g/mol. The third-order valence-corrected chi connectivity index (χ3v) is 10.1. The van der Waals surface area contributed by atoms with Gasteiger partial charge in [0, 0.05) is 38.5 Å². The molecule has 0 saturated heterocycles. The minimum atomic E-state index is 0.568. The fourth-order valence-corrected chi connectivity index (χ4v) is 7.64. The number of aromatic nitrogens is 1. The molecule has 244 valence electrons. The Hall–Kier alpha value is -7.11. The van der Waals surface area contributed by atoms with E-state index in [4.69, 9.17) is 18.2 Å². The Bertz CT molecular complexity index is 3120. The highest BCUT2D eigenvalue weighted by Gasteiger charge is 2.23. The van der Waals surface area contributed by atoms with Crippen molar-refractivity contribution in [1.82, 2.24) is 4.98 Å². The molecule has 11 rings (SSSR count). The third-order valence-electron chi connectivity index (χ3n) is 10.1. The van der Waals surface area contributed by atoms with E-state index in [9.17, 15) is 0 Å². The maximum atomic E-state index is 6.81. The fourth-order valence-electron chi connectivity index (χ4n) is 7.64. The van der Waals surface area contributed by atoms with Gasteiger partial charge in [-0.1, -0.05) is 97.1 Å². The van der Waals surface area contributed by atoms with Gasteiger partial charge in [-0.25, -0.2) is 4.98 Å². The Balaban J connectivity index is 1.14. The molecule has 0 aliphatic heterocycles. The van der Waals surface area contributed by atoms with Crippen molar-refractivity contribution in [3.05, 3.63) is 170 Å². The molecule has 0 spiro atoms. The van der Waals surface area contributed by atoms with Gasteiger partial charge in [0.1, 0.15) is 22.3 Å². The summed E-state index contributed by atoms with van der Waals surface area (Å²) in [4.78, 5) is 7.13. The number of anilines is 3. The van der Waals surface area contributed by atoms with Crippen molar-refractivity contribution in [2.75, 3.05) is 4.90 Å². The second-order valence-corrected chi connectivity index (χ2v) is 13.1. The SMILES string of the molecule is c1ccc(-c2ccc3cc(N(c4ccc5oc6ccccc6c5c4)c4cccc5c4oc4cccc(-c6nc7ccccc7o6)c45)ccc3c2)cc1. The minimum absolute atomic E-state index is 0.568. The van der Waals surface area contributed by atoms with Crippen LogP contribution in [0, 0.1) is 0 Å². The van der Waals surface area contributed by atoms with E-state index in [-0.39, 0.29) is 0 Å². The van der Waals surface area contributed by atoms with Gasteiger partial charge in [0.05, 0.1) is 5.69 Å². The first-order valence-corrected chi connectivity index (χ1v) is 17.4. The monoisotopic (exact) mass is 668 g/mol. The van der Waals surface area contributed by atoms with Gasteiger partial charge >= 0.3 is 0 Å². The molecule has 5 nitrogen and oxygen atoms in total. The lowest BCUT2D eigenvalue weighted by Gasteiger charge is -2.26. The van der Waals surface area contributed by atoms with E-state index >= 15 is 0 Å². The van der Waals surface area contributed by atoms with Gasteiger partial charge in [0.2, 0.25) is 5.89 Å². The molecule has 0 bridgehead atoms. The van der Waals surface area contributed by atoms with E-state index in [1.165, 1.54) is 16.5 Å². The molecule has 0 radical (unpaired) electrons. The maximum Gasteiger partial charge on any atom is 0.228 e. The van der Waals surface area contributed by atoms with Gasteiger partial charge in [-0.2, -0.15) is 0 Å². The summed E-state index contributed by atoms with van der Waals surface area (Å²) in [5.74, 6) is 0.568. The van der Waals surface area contributed by atoms with Crippen LogP contribution in [0.5, 0.6) is 0 Å². The van der Waals surface area contributed by atoms with Crippen molar-refractivity contribution in [3.63, 3.8) is 0 Å². The summed E-state index contributed by atoms with van der Waals surface area (Å²) in [6, 6.07) is 58.7. The first-order chi connectivity index (χ1) is 25.7. The smallest absolute Gasteiger partial charge is 0.228 e. The first kappa shape index (κ1) is 28.7. The molecule has 0 N–H and O–H groups in total. The Morgan fingerprint density at radius 3 is 2.06 bits per heavy atom. The van der Waals surface area contributed by atoms with Crippen molar-refractivity contribution in [2.24, 2.45) is 0 Å². The van der Waals surface area contributed by atoms with Crippen LogP contribution in [0.15, 0.2) is 183 Å². The molecule has 0 atom stereocenters. The summed E-state index contributed by atoms with van der Waals surface area (Å²) in [5, 5.41) is 6.41. The molecule has 0 amide bonds. The summed E-state index contributed by atoms with van der Waals surface area (Å²) in [6.07, 6.45) is 0. The van der Waals surface area contributed by atoms with Crippen LogP contribution < -0.4 is 4.90 Å². The van der Waals surface area contributed by atoms with Gasteiger partial charge in [-0.05, 0) is 94.7 Å². The Kier molecular flexibility index (Phi) is 6.18. The molecule has 3 aromatic heterocycles. The van der Waals surface area contributed by atoms with E-state index in [2.05, 4.69) is 120 Å². The number of benzene rings is 8. The highest BCUT2D eigenvalue weighted by molar-refractivity contribution is 6.16. The first-order valence-electron chi connectivity index (χ1n) is 17.4. The molecule has 0 fully saturated rings. The molecule has 0 unspecified atom stereocenters. The van der Waals surface area contributed by atoms with Crippen LogP contribution in [0.3, 0.4) is 0 Å². The zero-order chi connectivity index (χ0) is 34.2. The second-order valence-electron chi connectivity index (χ2n) is 13.1. The van der Waals surface area contributed by atoms with Crippen LogP contribution in [0.1, 0.15) is 0 Å². The lowest BCUT2D eigenvalue weighted by Crippen LogP contribution is -2.10. The molecule has 0 aliphatic carbocycles. The highest BCUT2D eigenvalue weighted by Crippen LogP contribution is 2.46. The van der Waals surface area contributed by atoms with Crippen molar-refractivity contribution in [1.29, 1.82) is 0 Å². The summed E-state index contributed by atoms with van der Waals surface area (Å²) in [5.41, 5.74) is 11.0. The van der Waals surface area contributed by atoms with Crippen LogP contribution >= 0.6 is 0 Å². The van der Waals surface area contributed by atoms with Crippen molar-refractivity contribution < 1.29 is 13.3 Å². The van der Waals surface area contributed by atoms with Gasteiger partial charge < -0.3 is 18.2 Å². The summed E-state index contributed by atoms with van der Waals surface area (Å²) in [7, 11) is 0. The van der Waals surface area contributed by atoms with Gasteiger partial charge in [-0.15, -0.1) is 0 Å². The Morgan fingerprint density at radius 1 is 0.423 bits per heavy atom. The number of nitrogens with zero attached hydrogens (tertiary/aromatic N) is 2. The zero-order valence-electron chi connectivity index (χ0n) is 27.8. The van der Waals surface area contributed by atoms with E-state index < -0.39 is 0 Å². The van der Waals surface area contributed by atoms with Crippen LogP contribution in [-0.2, 0) is 0 Å². The number of oxazole rings is 1. The molecule has 11 aromatic rings. The molecule has 8 aromatic carbocycles. The third kappa shape index (κ3) is 4.46. The summed E-state index contributed by atoms with van der Waals surface area (Å²) < 4.78 is 19.3. The van der Waals surface area contributed by atoms with Crippen LogP contribution in [0.4, 0.5) is 17.1 Å². The van der Waals surface area contributed by atoms with Gasteiger partial charge in [-0.3, -0.25) is 0 Å². The minimum Gasteiger partial charge on any atom is -0.456 e. The average Bonchev–Trinajstić information content (AvgIpc) is 3.92. The van der Waals surface area contributed by atoms with E-state index in [1.54, 1.807) is 0 Å². The molecular formula is C47H28N2O3. The number of hydrogen-bond acceptors (Lipinski definition) is 5. The topological polar surface area (TPSA) is 55.6 Å². The normalized spacial score (nSPS) is 11.8. The lowest BCUT2D eigenvalue weighted by atomic mass is 10.0. The zero-order valence-corrected chi connectivity index (χ0v) is 27.8. The van der Waals surface area contributed by atoms with E-state index in [1.807, 2.05) is 54.6 Å². The molecule has 5 heteroatoms. The predicted molar refractivity (Wildman–Crippen MR) is 212 cm³/mol. The van der Waals surface area contributed by atoms with Crippen molar-refractivity contribution in [2.45, 2.75) is 0 Å². The number of fused-ring (bicyclic) bond motifs is 8. The average molecular weight is 669 g/mol. The number of rotatable bonds is 5. The maximum absolute atomic E-state index is 6.81. The lowest BCUT2D eigenvalue weighted by molar-refractivity contribution is 0.620. The summed E-state index contributed by atoms with van der Waals surface area (Å²) >= 11 is 0. The van der Waals surface area contributed by atoms with Crippen LogP contribution in [0.2, 0.25) is 0 Å². The predicted octanol–water partition coefficient (Wildman–Crippen LogP) is 13.6. The van der Waals surface area contributed by atoms with Crippen LogP contribution in [0.25, 0.3) is 88.3 Å². The highest BCUT2D eigenvalue weighted by atomic mass is 16.4. The second kappa shape index (κ2) is 11.2. The summed E-state index contributed by atoms with van der Waals surface area (Å²) in [6.45, 7) is 0. The standard InChI is InChI=1S/C47H28N2O3/c1-2-10-29(11-3-1)30-20-21-32-27-33(23-22-31(32)26-30)49(34-24-25-42-38(28-34)35-12-4-6-17-41(35)50-42)40-16-8-13-36-45-37(14-9-19-44(45)51-46(36)40)47-48-39-15-5-7-18-43(39)52-47/h1-28H. The van der Waals surface area contributed by atoms with Gasteiger partial charge in [0.25, 0.3) is 0 Å². The van der Waals surface area contributed by atoms with Crippen molar-refractivity contribution in [3.8, 4) is 22.6 Å². The van der Waals surface area contributed by atoms with E-state index in [0.717, 1.165) is 83.0 Å².